The molecule has 106 valence electrons. The van der Waals surface area contributed by atoms with E-state index in [4.69, 9.17) is 9.47 Å². The fraction of sp³-hybridized carbons (Fsp3) is 0.600. The number of aliphatic hydroxyl groups is 1. The second kappa shape index (κ2) is 6.37. The van der Waals surface area contributed by atoms with Crippen molar-refractivity contribution in [1.29, 1.82) is 0 Å². The highest BCUT2D eigenvalue weighted by molar-refractivity contribution is 5.28. The predicted octanol–water partition coefficient (Wildman–Crippen LogP) is 1.84. The van der Waals surface area contributed by atoms with Crippen molar-refractivity contribution in [1.82, 2.24) is 4.90 Å². The predicted molar refractivity (Wildman–Crippen MR) is 74.4 cm³/mol. The Morgan fingerprint density at radius 1 is 1.26 bits per heavy atom. The number of benzene rings is 1. The van der Waals surface area contributed by atoms with Crippen LogP contribution in [-0.2, 0) is 4.74 Å². The molecule has 1 saturated heterocycles. The first-order valence-corrected chi connectivity index (χ1v) is 6.78. The van der Waals surface area contributed by atoms with Gasteiger partial charge in [-0.1, -0.05) is 12.1 Å². The number of hydrogen-bond donors (Lipinski definition) is 1. The lowest BCUT2D eigenvalue weighted by molar-refractivity contribution is -0.0767. The van der Waals surface area contributed by atoms with Gasteiger partial charge in [-0.2, -0.15) is 0 Å². The highest BCUT2D eigenvalue weighted by atomic mass is 16.5. The van der Waals surface area contributed by atoms with Crippen LogP contribution in [0.5, 0.6) is 5.75 Å². The van der Waals surface area contributed by atoms with E-state index >= 15 is 0 Å². The number of aliphatic hydroxyl groups excluding tert-OH is 1. The molecule has 1 aliphatic rings. The lowest BCUT2D eigenvalue weighted by atomic mass is 10.1. The van der Waals surface area contributed by atoms with Gasteiger partial charge >= 0.3 is 0 Å². The normalized spacial score (nSPS) is 26.1. The lowest BCUT2D eigenvalue weighted by Gasteiger charge is -2.36. The molecule has 1 aliphatic heterocycles. The molecule has 0 aromatic heterocycles. The molecule has 1 unspecified atom stereocenters. The van der Waals surface area contributed by atoms with Crippen LogP contribution in [0.1, 0.15) is 25.5 Å². The van der Waals surface area contributed by atoms with E-state index < -0.39 is 6.10 Å². The number of nitrogens with zero attached hydrogens (tertiary/aromatic N) is 1. The molecule has 0 bridgehead atoms. The van der Waals surface area contributed by atoms with Crippen LogP contribution in [0.3, 0.4) is 0 Å². The summed E-state index contributed by atoms with van der Waals surface area (Å²) >= 11 is 0. The van der Waals surface area contributed by atoms with Gasteiger partial charge in [0.25, 0.3) is 0 Å². The van der Waals surface area contributed by atoms with Gasteiger partial charge in [0.1, 0.15) is 5.75 Å². The maximum atomic E-state index is 10.3. The van der Waals surface area contributed by atoms with Gasteiger partial charge in [0.15, 0.2) is 0 Å². The van der Waals surface area contributed by atoms with Crippen LogP contribution in [0.15, 0.2) is 24.3 Å². The summed E-state index contributed by atoms with van der Waals surface area (Å²) in [6.45, 7) is 6.53. The fourth-order valence-electron chi connectivity index (χ4n) is 2.61. The van der Waals surface area contributed by atoms with Crippen LogP contribution in [-0.4, -0.2) is 49.0 Å². The van der Waals surface area contributed by atoms with E-state index in [1.54, 1.807) is 7.11 Å². The summed E-state index contributed by atoms with van der Waals surface area (Å²) < 4.78 is 10.8. The van der Waals surface area contributed by atoms with Gasteiger partial charge in [0, 0.05) is 19.6 Å². The van der Waals surface area contributed by atoms with Crippen molar-refractivity contribution in [3.05, 3.63) is 29.8 Å². The van der Waals surface area contributed by atoms with Gasteiger partial charge in [0.05, 0.1) is 25.4 Å². The Morgan fingerprint density at radius 3 is 2.37 bits per heavy atom. The highest BCUT2D eigenvalue weighted by Crippen LogP contribution is 2.20. The van der Waals surface area contributed by atoms with Gasteiger partial charge in [-0.25, -0.2) is 0 Å². The van der Waals surface area contributed by atoms with Gasteiger partial charge in [0.2, 0.25) is 0 Å². The van der Waals surface area contributed by atoms with Crippen molar-refractivity contribution in [2.75, 3.05) is 26.7 Å². The zero-order valence-electron chi connectivity index (χ0n) is 11.9. The molecule has 0 radical (unpaired) electrons. The van der Waals surface area contributed by atoms with Crippen molar-refractivity contribution >= 4 is 0 Å². The first-order valence-electron chi connectivity index (χ1n) is 6.78. The number of morpholine rings is 1. The molecule has 1 N–H and O–H groups in total. The molecular weight excluding hydrogens is 242 g/mol. The van der Waals surface area contributed by atoms with Crippen LogP contribution in [0.2, 0.25) is 0 Å². The number of methoxy groups -OCH3 is 1. The number of β-amino-alcohol motifs (C(OH)–C–C–N with tert-alkyl or cyclic N) is 1. The summed E-state index contributed by atoms with van der Waals surface area (Å²) in [6.07, 6.45) is -0.0120. The smallest absolute Gasteiger partial charge is 0.118 e. The average molecular weight is 265 g/mol. The lowest BCUT2D eigenvalue weighted by Crippen LogP contribution is -2.46. The van der Waals surface area contributed by atoms with E-state index in [9.17, 15) is 5.11 Å². The van der Waals surface area contributed by atoms with E-state index in [0.717, 1.165) is 24.4 Å². The third kappa shape index (κ3) is 3.93. The van der Waals surface area contributed by atoms with Gasteiger partial charge in [-0.05, 0) is 31.5 Å². The molecule has 0 saturated carbocycles. The van der Waals surface area contributed by atoms with E-state index in [1.807, 2.05) is 24.3 Å². The van der Waals surface area contributed by atoms with E-state index in [0.29, 0.717) is 6.54 Å². The van der Waals surface area contributed by atoms with Crippen LogP contribution in [0, 0.1) is 0 Å². The minimum atomic E-state index is -0.469. The summed E-state index contributed by atoms with van der Waals surface area (Å²) in [5, 5.41) is 10.3. The molecule has 0 spiro atoms. The molecule has 1 aromatic rings. The van der Waals surface area contributed by atoms with Crippen molar-refractivity contribution in [2.24, 2.45) is 0 Å². The second-order valence-electron chi connectivity index (χ2n) is 5.26. The average Bonchev–Trinajstić information content (AvgIpc) is 2.37. The molecule has 2 rings (SSSR count). The first kappa shape index (κ1) is 14.3. The molecular formula is C15H23NO3. The summed E-state index contributed by atoms with van der Waals surface area (Å²) in [7, 11) is 1.64. The number of ether oxygens (including phenoxy) is 2. The Balaban J connectivity index is 1.93. The van der Waals surface area contributed by atoms with E-state index in [1.165, 1.54) is 0 Å². The number of rotatable bonds is 4. The molecule has 3 atom stereocenters. The topological polar surface area (TPSA) is 41.9 Å². The SMILES string of the molecule is COc1ccc(C(O)CN2C[C@@H](C)O[C@@H](C)C2)cc1. The molecule has 0 aliphatic carbocycles. The van der Waals surface area contributed by atoms with Crippen LogP contribution >= 0.6 is 0 Å². The number of hydrogen-bond acceptors (Lipinski definition) is 4. The Labute approximate surface area is 114 Å². The van der Waals surface area contributed by atoms with Crippen LogP contribution in [0.4, 0.5) is 0 Å². The Hall–Kier alpha value is -1.10. The summed E-state index contributed by atoms with van der Waals surface area (Å²) in [6, 6.07) is 7.58. The van der Waals surface area contributed by atoms with Crippen molar-refractivity contribution < 1.29 is 14.6 Å². The Kier molecular flexibility index (Phi) is 4.80. The standard InChI is InChI=1S/C15H23NO3/c1-11-8-16(9-12(2)19-11)10-15(17)13-4-6-14(18-3)7-5-13/h4-7,11-12,15,17H,8-10H2,1-3H3/t11-,12+,15?. The zero-order chi connectivity index (χ0) is 13.8. The van der Waals surface area contributed by atoms with E-state index in [-0.39, 0.29) is 12.2 Å². The summed E-state index contributed by atoms with van der Waals surface area (Å²) in [4.78, 5) is 2.26. The Bertz CT molecular complexity index is 383. The molecule has 1 fully saturated rings. The largest absolute Gasteiger partial charge is 0.497 e. The van der Waals surface area contributed by atoms with Crippen LogP contribution in [0.25, 0.3) is 0 Å². The maximum absolute atomic E-state index is 10.3. The van der Waals surface area contributed by atoms with Gasteiger partial charge in [-0.3, -0.25) is 4.90 Å². The van der Waals surface area contributed by atoms with Crippen molar-refractivity contribution in [3.63, 3.8) is 0 Å². The summed E-state index contributed by atoms with van der Waals surface area (Å²) in [5.41, 5.74) is 0.924. The molecule has 19 heavy (non-hydrogen) atoms. The third-order valence-electron chi connectivity index (χ3n) is 3.43. The molecule has 1 aromatic carbocycles. The quantitative estimate of drug-likeness (QED) is 0.902. The van der Waals surface area contributed by atoms with Gasteiger partial charge in [-0.15, -0.1) is 0 Å². The first-order chi connectivity index (χ1) is 9.08. The van der Waals surface area contributed by atoms with Crippen molar-refractivity contribution in [2.45, 2.75) is 32.2 Å². The van der Waals surface area contributed by atoms with Crippen molar-refractivity contribution in [3.8, 4) is 5.75 Å². The monoisotopic (exact) mass is 265 g/mol. The van der Waals surface area contributed by atoms with Crippen LogP contribution < -0.4 is 4.74 Å². The Morgan fingerprint density at radius 2 is 1.84 bits per heavy atom. The third-order valence-corrected chi connectivity index (χ3v) is 3.43. The molecule has 4 heteroatoms. The highest BCUT2D eigenvalue weighted by Gasteiger charge is 2.24. The van der Waals surface area contributed by atoms with E-state index in [2.05, 4.69) is 18.7 Å². The molecule has 1 heterocycles. The minimum Gasteiger partial charge on any atom is -0.497 e. The molecule has 0 amide bonds. The fourth-order valence-corrected chi connectivity index (χ4v) is 2.61. The van der Waals surface area contributed by atoms with Gasteiger partial charge < -0.3 is 14.6 Å². The summed E-state index contributed by atoms with van der Waals surface area (Å²) in [5.74, 6) is 0.810. The maximum Gasteiger partial charge on any atom is 0.118 e. The molecule has 4 nitrogen and oxygen atoms in total. The minimum absolute atomic E-state index is 0.229. The zero-order valence-corrected chi connectivity index (χ0v) is 11.9. The second-order valence-corrected chi connectivity index (χ2v) is 5.26.